The van der Waals surface area contributed by atoms with E-state index in [9.17, 15) is 4.79 Å². The van der Waals surface area contributed by atoms with E-state index in [2.05, 4.69) is 23.6 Å². The number of carbonyl (C=O) groups is 1. The van der Waals surface area contributed by atoms with Gasteiger partial charge in [0, 0.05) is 30.0 Å². The van der Waals surface area contributed by atoms with Crippen molar-refractivity contribution < 1.29 is 9.53 Å². The summed E-state index contributed by atoms with van der Waals surface area (Å²) in [5.74, 6) is 0.748. The maximum Gasteiger partial charge on any atom is 0.255 e. The van der Waals surface area contributed by atoms with Gasteiger partial charge in [0.2, 0.25) is 0 Å². The van der Waals surface area contributed by atoms with E-state index in [0.717, 1.165) is 29.8 Å². The van der Waals surface area contributed by atoms with Gasteiger partial charge in [-0.3, -0.25) is 4.79 Å². The van der Waals surface area contributed by atoms with Gasteiger partial charge in [-0.1, -0.05) is 48.7 Å². The first-order valence-corrected chi connectivity index (χ1v) is 10.8. The molecule has 0 unspecified atom stereocenters. The van der Waals surface area contributed by atoms with Crippen molar-refractivity contribution in [2.24, 2.45) is 0 Å². The van der Waals surface area contributed by atoms with E-state index in [4.69, 9.17) is 27.9 Å². The molecular formula is C24H26Cl2N2O2. The number of rotatable bonds is 9. The number of methoxy groups -OCH3 is 1. The zero-order chi connectivity index (χ0) is 21.5. The predicted molar refractivity (Wildman–Crippen MR) is 123 cm³/mol. The summed E-state index contributed by atoms with van der Waals surface area (Å²) in [4.78, 5) is 15.1. The molecule has 0 saturated heterocycles. The van der Waals surface area contributed by atoms with E-state index in [1.165, 1.54) is 0 Å². The Morgan fingerprint density at radius 3 is 2.67 bits per heavy atom. The van der Waals surface area contributed by atoms with Gasteiger partial charge in [-0.25, -0.2) is 0 Å². The van der Waals surface area contributed by atoms with Crippen molar-refractivity contribution in [2.75, 3.05) is 13.7 Å². The van der Waals surface area contributed by atoms with E-state index in [1.807, 2.05) is 35.4 Å². The van der Waals surface area contributed by atoms with Gasteiger partial charge in [-0.05, 0) is 54.4 Å². The molecule has 1 aromatic heterocycles. The number of unbranched alkanes of at least 4 members (excludes halogenated alkanes) is 1. The van der Waals surface area contributed by atoms with Gasteiger partial charge < -0.3 is 14.2 Å². The van der Waals surface area contributed by atoms with E-state index < -0.39 is 0 Å². The Bertz CT molecular complexity index is 1000. The maximum absolute atomic E-state index is 13.2. The molecule has 1 amide bonds. The number of ether oxygens (including phenoxy) is 1. The van der Waals surface area contributed by atoms with E-state index >= 15 is 0 Å². The number of aromatic nitrogens is 1. The molecule has 0 aliphatic rings. The zero-order valence-corrected chi connectivity index (χ0v) is 18.8. The Kier molecular flexibility index (Phi) is 7.83. The number of amides is 1. The van der Waals surface area contributed by atoms with E-state index in [0.29, 0.717) is 35.2 Å². The van der Waals surface area contributed by atoms with Gasteiger partial charge in [-0.2, -0.15) is 0 Å². The van der Waals surface area contributed by atoms with Gasteiger partial charge in [0.25, 0.3) is 5.91 Å². The minimum Gasteiger partial charge on any atom is -0.497 e. The minimum absolute atomic E-state index is 0.0840. The number of hydrogen-bond acceptors (Lipinski definition) is 2. The highest BCUT2D eigenvalue weighted by molar-refractivity contribution is 6.36. The average Bonchev–Trinajstić information content (AvgIpc) is 3.17. The third kappa shape index (κ3) is 5.59. The van der Waals surface area contributed by atoms with Crippen molar-refractivity contribution in [3.63, 3.8) is 0 Å². The van der Waals surface area contributed by atoms with Crippen LogP contribution >= 0.6 is 23.2 Å². The smallest absolute Gasteiger partial charge is 0.255 e. The fourth-order valence-corrected chi connectivity index (χ4v) is 3.83. The fourth-order valence-electron chi connectivity index (χ4n) is 3.34. The molecule has 0 atom stereocenters. The van der Waals surface area contributed by atoms with Crippen LogP contribution in [0.4, 0.5) is 0 Å². The highest BCUT2D eigenvalue weighted by Crippen LogP contribution is 2.24. The highest BCUT2D eigenvalue weighted by Gasteiger charge is 2.20. The highest BCUT2D eigenvalue weighted by atomic mass is 35.5. The minimum atomic E-state index is -0.0840. The Hall–Kier alpha value is -2.43. The Balaban J connectivity index is 1.82. The van der Waals surface area contributed by atoms with Crippen molar-refractivity contribution in [2.45, 2.75) is 32.9 Å². The Morgan fingerprint density at radius 1 is 1.10 bits per heavy atom. The number of halogens is 2. The third-order valence-corrected chi connectivity index (χ3v) is 5.54. The second-order valence-corrected chi connectivity index (χ2v) is 8.03. The van der Waals surface area contributed by atoms with Crippen molar-refractivity contribution in [1.82, 2.24) is 9.47 Å². The van der Waals surface area contributed by atoms with Gasteiger partial charge in [0.15, 0.2) is 0 Å². The first-order valence-electron chi connectivity index (χ1n) is 10.0. The molecule has 1 heterocycles. The molecule has 0 aliphatic heterocycles. The lowest BCUT2D eigenvalue weighted by Gasteiger charge is -2.24. The molecule has 2 aromatic carbocycles. The average molecular weight is 445 g/mol. The maximum atomic E-state index is 13.2. The molecule has 30 heavy (non-hydrogen) atoms. The van der Waals surface area contributed by atoms with Crippen LogP contribution in [0.2, 0.25) is 10.0 Å². The molecular weight excluding hydrogens is 419 g/mol. The summed E-state index contributed by atoms with van der Waals surface area (Å²) < 4.78 is 7.49. The van der Waals surface area contributed by atoms with Gasteiger partial charge in [-0.15, -0.1) is 0 Å². The number of carbonyl (C=O) groups excluding carboxylic acids is 1. The predicted octanol–water partition coefficient (Wildman–Crippen LogP) is 6.29. The van der Waals surface area contributed by atoms with Crippen molar-refractivity contribution >= 4 is 29.1 Å². The monoisotopic (exact) mass is 444 g/mol. The summed E-state index contributed by atoms with van der Waals surface area (Å²) in [6, 6.07) is 17.1. The van der Waals surface area contributed by atoms with E-state index in [1.54, 1.807) is 25.3 Å². The lowest BCUT2D eigenvalue weighted by atomic mass is 10.1. The van der Waals surface area contributed by atoms with Crippen LogP contribution in [0.25, 0.3) is 0 Å². The van der Waals surface area contributed by atoms with Crippen LogP contribution in [-0.2, 0) is 13.1 Å². The molecule has 3 aromatic rings. The molecule has 0 fully saturated rings. The lowest BCUT2D eigenvalue weighted by molar-refractivity contribution is 0.0737. The lowest BCUT2D eigenvalue weighted by Crippen LogP contribution is -2.32. The largest absolute Gasteiger partial charge is 0.497 e. The van der Waals surface area contributed by atoms with Crippen molar-refractivity contribution in [3.8, 4) is 5.75 Å². The number of hydrogen-bond donors (Lipinski definition) is 0. The molecule has 0 spiro atoms. The van der Waals surface area contributed by atoms with Gasteiger partial charge in [0.1, 0.15) is 5.75 Å². The number of nitrogens with zero attached hydrogens (tertiary/aromatic N) is 2. The van der Waals surface area contributed by atoms with Crippen molar-refractivity contribution in [1.29, 1.82) is 0 Å². The normalized spacial score (nSPS) is 10.8. The van der Waals surface area contributed by atoms with Crippen LogP contribution in [-0.4, -0.2) is 29.0 Å². The first-order chi connectivity index (χ1) is 14.5. The van der Waals surface area contributed by atoms with E-state index in [-0.39, 0.29) is 5.91 Å². The second kappa shape index (κ2) is 10.6. The molecule has 6 heteroatoms. The summed E-state index contributed by atoms with van der Waals surface area (Å²) in [5, 5.41) is 0.893. The summed E-state index contributed by atoms with van der Waals surface area (Å²) in [6.45, 7) is 3.99. The third-order valence-electron chi connectivity index (χ3n) is 4.99. The van der Waals surface area contributed by atoms with Crippen LogP contribution < -0.4 is 4.74 Å². The Morgan fingerprint density at radius 2 is 1.93 bits per heavy atom. The van der Waals surface area contributed by atoms with Crippen LogP contribution in [0.15, 0.2) is 60.8 Å². The zero-order valence-electron chi connectivity index (χ0n) is 17.3. The van der Waals surface area contributed by atoms with Crippen LogP contribution in [0.1, 0.15) is 41.4 Å². The molecule has 0 aliphatic carbocycles. The second-order valence-electron chi connectivity index (χ2n) is 7.18. The molecule has 0 bridgehead atoms. The molecule has 158 valence electrons. The summed E-state index contributed by atoms with van der Waals surface area (Å²) in [7, 11) is 1.67. The summed E-state index contributed by atoms with van der Waals surface area (Å²) in [5.41, 5.74) is 2.68. The molecule has 4 nitrogen and oxygen atoms in total. The van der Waals surface area contributed by atoms with Crippen molar-refractivity contribution in [3.05, 3.63) is 87.7 Å². The quantitative estimate of drug-likeness (QED) is 0.388. The molecule has 0 N–H and O–H groups in total. The summed E-state index contributed by atoms with van der Waals surface area (Å²) in [6.07, 6.45) is 3.96. The van der Waals surface area contributed by atoms with Crippen LogP contribution in [0.5, 0.6) is 5.75 Å². The van der Waals surface area contributed by atoms with Gasteiger partial charge in [0.05, 0.1) is 24.2 Å². The summed E-state index contributed by atoms with van der Waals surface area (Å²) >= 11 is 12.3. The SMILES string of the molecule is CCCCN(Cc1cccn1Cc1cccc(OC)c1)C(=O)c1ccc(Cl)cc1Cl. The first kappa shape index (κ1) is 22.3. The molecule has 0 radical (unpaired) electrons. The fraction of sp³-hybridized carbons (Fsp3) is 0.292. The molecule has 0 saturated carbocycles. The van der Waals surface area contributed by atoms with Crippen LogP contribution in [0, 0.1) is 0 Å². The number of benzene rings is 2. The standard InChI is InChI=1S/C24H26Cl2N2O2/c1-3-4-12-28(24(29)22-11-10-19(25)15-23(22)26)17-20-8-6-13-27(20)16-18-7-5-9-21(14-18)30-2/h5-11,13-15H,3-4,12,16-17H2,1-2H3. The van der Waals surface area contributed by atoms with Gasteiger partial charge >= 0.3 is 0 Å². The topological polar surface area (TPSA) is 34.5 Å². The van der Waals surface area contributed by atoms with Crippen LogP contribution in [0.3, 0.4) is 0 Å². The Labute approximate surface area is 188 Å². The molecule has 3 rings (SSSR count).